The molecule has 0 saturated carbocycles. The van der Waals surface area contributed by atoms with Gasteiger partial charge in [-0.15, -0.1) is 0 Å². The standard InChI is InChI=1S/C20H36O4.Li/c1-2-3-4-5-6-7-8-9-10-11-12-13-14-15-18-24-20(23)17-16-19(21)22;/h16-17H,2-15,18H2,1H3,(H,21,22);/q;+1/p-1/b17-16+;. The van der Waals surface area contributed by atoms with E-state index >= 15 is 0 Å². The third-order valence-corrected chi connectivity index (χ3v) is 4.10. The van der Waals surface area contributed by atoms with Crippen LogP contribution in [0.25, 0.3) is 0 Å². The monoisotopic (exact) mass is 346 g/mol. The second-order valence-electron chi connectivity index (χ2n) is 6.42. The Morgan fingerprint density at radius 1 is 0.720 bits per heavy atom. The Morgan fingerprint density at radius 2 is 1.12 bits per heavy atom. The molecule has 140 valence electrons. The number of carbonyl (C=O) groups is 2. The van der Waals surface area contributed by atoms with Gasteiger partial charge in [-0.1, -0.05) is 90.4 Å². The second-order valence-corrected chi connectivity index (χ2v) is 6.42. The van der Waals surface area contributed by atoms with Crippen molar-refractivity contribution in [1.82, 2.24) is 0 Å². The summed E-state index contributed by atoms with van der Waals surface area (Å²) in [5.41, 5.74) is 0. The van der Waals surface area contributed by atoms with Crippen molar-refractivity contribution in [3.05, 3.63) is 12.2 Å². The summed E-state index contributed by atoms with van der Waals surface area (Å²) >= 11 is 0. The van der Waals surface area contributed by atoms with Gasteiger partial charge in [-0.05, 0) is 12.5 Å². The van der Waals surface area contributed by atoms with Crippen molar-refractivity contribution in [3.8, 4) is 0 Å². The van der Waals surface area contributed by atoms with Crippen LogP contribution in [0, 0.1) is 0 Å². The molecule has 0 atom stereocenters. The SMILES string of the molecule is CCCCCCCCCCCCCCCCOC(=O)/C=C/C(=O)[O-].[Li+]. The molecule has 0 bridgehead atoms. The Hall–Kier alpha value is -0.723. The predicted octanol–water partition coefficient (Wildman–Crippen LogP) is 1.32. The van der Waals surface area contributed by atoms with Gasteiger partial charge in [0.05, 0.1) is 12.6 Å². The van der Waals surface area contributed by atoms with E-state index in [1.165, 1.54) is 77.0 Å². The number of hydrogen-bond donors (Lipinski definition) is 0. The Balaban J connectivity index is 0. The molecular weight excluding hydrogens is 311 g/mol. The molecule has 0 spiro atoms. The van der Waals surface area contributed by atoms with Gasteiger partial charge in [0.15, 0.2) is 0 Å². The fraction of sp³-hybridized carbons (Fsp3) is 0.800. The molecule has 4 nitrogen and oxygen atoms in total. The van der Waals surface area contributed by atoms with Gasteiger partial charge in [0.2, 0.25) is 0 Å². The Bertz CT molecular complexity index is 343. The maximum Gasteiger partial charge on any atom is 1.00 e. The van der Waals surface area contributed by atoms with E-state index in [4.69, 9.17) is 4.74 Å². The van der Waals surface area contributed by atoms with E-state index in [-0.39, 0.29) is 18.9 Å². The molecule has 0 aliphatic heterocycles. The van der Waals surface area contributed by atoms with Gasteiger partial charge < -0.3 is 14.6 Å². The third kappa shape index (κ3) is 23.3. The smallest absolute Gasteiger partial charge is 0.545 e. The van der Waals surface area contributed by atoms with Crippen molar-refractivity contribution in [2.45, 2.75) is 96.8 Å². The summed E-state index contributed by atoms with van der Waals surface area (Å²) in [6.07, 6.45) is 19.5. The summed E-state index contributed by atoms with van der Waals surface area (Å²) in [7, 11) is 0. The molecule has 0 aromatic carbocycles. The molecule has 0 radical (unpaired) electrons. The first-order valence-electron chi connectivity index (χ1n) is 9.72. The normalized spacial score (nSPS) is 10.6. The van der Waals surface area contributed by atoms with E-state index in [2.05, 4.69) is 6.92 Å². The first kappa shape index (κ1) is 26.5. The fourth-order valence-electron chi connectivity index (χ4n) is 2.65. The van der Waals surface area contributed by atoms with E-state index < -0.39 is 11.9 Å². The van der Waals surface area contributed by atoms with E-state index in [0.29, 0.717) is 12.7 Å². The number of unbranched alkanes of at least 4 members (excludes halogenated alkanes) is 13. The molecule has 0 rings (SSSR count). The first-order chi connectivity index (χ1) is 11.7. The van der Waals surface area contributed by atoms with Crippen molar-refractivity contribution in [1.29, 1.82) is 0 Å². The quantitative estimate of drug-likeness (QED) is 0.172. The van der Waals surface area contributed by atoms with Gasteiger partial charge in [-0.3, -0.25) is 0 Å². The molecule has 0 fully saturated rings. The number of carboxylic acid groups (broad SMARTS) is 1. The molecule has 0 unspecified atom stereocenters. The average Bonchev–Trinajstić information content (AvgIpc) is 2.56. The molecule has 0 heterocycles. The minimum Gasteiger partial charge on any atom is -0.545 e. The van der Waals surface area contributed by atoms with Gasteiger partial charge in [-0.2, -0.15) is 0 Å². The summed E-state index contributed by atoms with van der Waals surface area (Å²) in [6.45, 7) is 2.61. The molecule has 5 heteroatoms. The van der Waals surface area contributed by atoms with Crippen LogP contribution in [0.15, 0.2) is 12.2 Å². The Labute approximate surface area is 166 Å². The van der Waals surface area contributed by atoms with Gasteiger partial charge in [-0.25, -0.2) is 4.79 Å². The van der Waals surface area contributed by atoms with E-state index in [1.54, 1.807) is 0 Å². The van der Waals surface area contributed by atoms with Crippen molar-refractivity contribution in [3.63, 3.8) is 0 Å². The summed E-state index contributed by atoms with van der Waals surface area (Å²) < 4.78 is 4.88. The molecule has 0 aliphatic carbocycles. The van der Waals surface area contributed by atoms with Gasteiger partial charge in [0, 0.05) is 6.08 Å². The zero-order chi connectivity index (χ0) is 17.9. The number of rotatable bonds is 17. The van der Waals surface area contributed by atoms with Crippen LogP contribution >= 0.6 is 0 Å². The first-order valence-corrected chi connectivity index (χ1v) is 9.72. The number of aliphatic carboxylic acids is 1. The molecule has 0 aromatic heterocycles. The molecule has 0 N–H and O–H groups in total. The Kier molecular flexibility index (Phi) is 22.6. The maximum absolute atomic E-state index is 11.1. The van der Waals surface area contributed by atoms with Crippen molar-refractivity contribution < 1.29 is 38.3 Å². The zero-order valence-electron chi connectivity index (χ0n) is 16.4. The number of esters is 1. The molecule has 0 aromatic rings. The van der Waals surface area contributed by atoms with Gasteiger partial charge >= 0.3 is 24.8 Å². The average molecular weight is 346 g/mol. The zero-order valence-corrected chi connectivity index (χ0v) is 16.4. The molecular formula is C20H35LiO4. The maximum atomic E-state index is 11.1. The van der Waals surface area contributed by atoms with Gasteiger partial charge in [0.25, 0.3) is 0 Å². The van der Waals surface area contributed by atoms with Crippen LogP contribution in [0.1, 0.15) is 96.8 Å². The molecule has 0 aliphatic rings. The van der Waals surface area contributed by atoms with Gasteiger partial charge in [0.1, 0.15) is 0 Å². The van der Waals surface area contributed by atoms with E-state index in [9.17, 15) is 14.7 Å². The molecule has 25 heavy (non-hydrogen) atoms. The van der Waals surface area contributed by atoms with Crippen molar-refractivity contribution in [2.24, 2.45) is 0 Å². The van der Waals surface area contributed by atoms with Crippen LogP contribution in [0.2, 0.25) is 0 Å². The minimum absolute atomic E-state index is 0. The Morgan fingerprint density at radius 3 is 1.52 bits per heavy atom. The third-order valence-electron chi connectivity index (χ3n) is 4.10. The van der Waals surface area contributed by atoms with Crippen molar-refractivity contribution in [2.75, 3.05) is 6.61 Å². The summed E-state index contributed by atoms with van der Waals surface area (Å²) in [5.74, 6) is -2.00. The number of hydrogen-bond acceptors (Lipinski definition) is 4. The van der Waals surface area contributed by atoms with Crippen molar-refractivity contribution >= 4 is 11.9 Å². The van der Waals surface area contributed by atoms with E-state index in [0.717, 1.165) is 18.9 Å². The van der Waals surface area contributed by atoms with Crippen LogP contribution in [-0.2, 0) is 14.3 Å². The molecule has 0 saturated heterocycles. The van der Waals surface area contributed by atoms with Crippen LogP contribution < -0.4 is 24.0 Å². The summed E-state index contributed by atoms with van der Waals surface area (Å²) in [6, 6.07) is 0. The fourth-order valence-corrected chi connectivity index (χ4v) is 2.65. The second kappa shape index (κ2) is 21.3. The number of ether oxygens (including phenoxy) is 1. The number of carboxylic acids is 1. The predicted molar refractivity (Wildman–Crippen MR) is 95.4 cm³/mol. The van der Waals surface area contributed by atoms with E-state index in [1.807, 2.05) is 0 Å². The minimum atomic E-state index is -1.39. The summed E-state index contributed by atoms with van der Waals surface area (Å²) in [5, 5.41) is 10.1. The summed E-state index contributed by atoms with van der Waals surface area (Å²) in [4.78, 5) is 21.2. The molecule has 0 amide bonds. The van der Waals surface area contributed by atoms with Crippen LogP contribution in [0.4, 0.5) is 0 Å². The van der Waals surface area contributed by atoms with Crippen LogP contribution in [0.3, 0.4) is 0 Å². The van der Waals surface area contributed by atoms with Crippen LogP contribution in [0.5, 0.6) is 0 Å². The number of carbonyl (C=O) groups excluding carboxylic acids is 2. The van der Waals surface area contributed by atoms with Crippen LogP contribution in [-0.4, -0.2) is 18.5 Å². The topological polar surface area (TPSA) is 66.4 Å². The largest absolute Gasteiger partial charge is 1.00 e.